The molecule has 0 atom stereocenters. The molecular weight excluding hydrogens is 368 g/mol. The third kappa shape index (κ3) is 2.54. The number of rotatable bonds is 1. The molecule has 2 aromatic heterocycles. The summed E-state index contributed by atoms with van der Waals surface area (Å²) in [4.78, 5) is 27.0. The normalized spacial score (nSPS) is 11.3. The van der Waals surface area contributed by atoms with Gasteiger partial charge >= 0.3 is 5.82 Å². The van der Waals surface area contributed by atoms with E-state index in [-0.39, 0.29) is 46.3 Å². The van der Waals surface area contributed by atoms with Crippen LogP contribution in [0.2, 0.25) is 0 Å². The topological polar surface area (TPSA) is 114 Å². The second-order valence-electron chi connectivity index (χ2n) is 5.76. The Morgan fingerprint density at radius 1 is 0.793 bits per heavy atom. The fraction of sp³-hybridized carbons (Fsp3) is 0.0526. The number of nitriles is 2. The van der Waals surface area contributed by atoms with Crippen LogP contribution in [0, 0.1) is 35.8 Å². The standard InChI is InChI=1S/C19H8N10/c1-22-14-15(23-2)27-19-17(26-14)28(3)16-18(25-13(10-21)12(9-20)24-16)29(19)11-7-5-4-6-8-11/h4-8H,3H3. The lowest BCUT2D eigenvalue weighted by Gasteiger charge is -2.31. The third-order valence-electron chi connectivity index (χ3n) is 4.18. The van der Waals surface area contributed by atoms with Gasteiger partial charge < -0.3 is 9.69 Å². The molecule has 3 aromatic rings. The number of hydrogen-bond donors (Lipinski definition) is 0. The van der Waals surface area contributed by atoms with E-state index < -0.39 is 0 Å². The maximum atomic E-state index is 9.38. The number of para-hydroxylation sites is 1. The zero-order valence-electron chi connectivity index (χ0n) is 14.9. The first-order valence-electron chi connectivity index (χ1n) is 8.11. The summed E-state index contributed by atoms with van der Waals surface area (Å²) in [6.45, 7) is 14.6. The highest BCUT2D eigenvalue weighted by Crippen LogP contribution is 2.49. The van der Waals surface area contributed by atoms with Crippen molar-refractivity contribution in [3.05, 3.63) is 64.6 Å². The van der Waals surface area contributed by atoms with Gasteiger partial charge in [0.05, 0.1) is 5.69 Å². The third-order valence-corrected chi connectivity index (χ3v) is 4.18. The van der Waals surface area contributed by atoms with Crippen molar-refractivity contribution in [1.82, 2.24) is 19.9 Å². The van der Waals surface area contributed by atoms with Crippen molar-refractivity contribution in [2.75, 3.05) is 16.8 Å². The van der Waals surface area contributed by atoms with Gasteiger partial charge in [0, 0.05) is 7.05 Å². The van der Waals surface area contributed by atoms with E-state index in [0.717, 1.165) is 0 Å². The van der Waals surface area contributed by atoms with Crippen molar-refractivity contribution in [1.29, 1.82) is 10.5 Å². The molecule has 1 aliphatic heterocycles. The van der Waals surface area contributed by atoms with Crippen LogP contribution in [0.4, 0.5) is 40.6 Å². The lowest BCUT2D eigenvalue weighted by molar-refractivity contribution is 0.961. The molecule has 29 heavy (non-hydrogen) atoms. The van der Waals surface area contributed by atoms with Crippen molar-refractivity contribution < 1.29 is 0 Å². The van der Waals surface area contributed by atoms with Crippen LogP contribution in [0.3, 0.4) is 0 Å². The lowest BCUT2D eigenvalue weighted by atomic mass is 10.2. The Morgan fingerprint density at radius 3 is 1.83 bits per heavy atom. The van der Waals surface area contributed by atoms with E-state index in [2.05, 4.69) is 29.6 Å². The second kappa shape index (κ2) is 6.59. The van der Waals surface area contributed by atoms with Gasteiger partial charge in [-0.05, 0) is 12.1 Å². The molecule has 0 N–H and O–H groups in total. The minimum absolute atomic E-state index is 0.120. The molecular formula is C19H8N10. The summed E-state index contributed by atoms with van der Waals surface area (Å²) in [7, 11) is 1.64. The fourth-order valence-electron chi connectivity index (χ4n) is 2.90. The molecule has 0 spiro atoms. The summed E-state index contributed by atoms with van der Waals surface area (Å²) >= 11 is 0. The van der Waals surface area contributed by atoms with Crippen molar-refractivity contribution in [3.8, 4) is 12.1 Å². The molecule has 0 aliphatic carbocycles. The number of aromatic nitrogens is 4. The first-order chi connectivity index (χ1) is 14.1. The van der Waals surface area contributed by atoms with Crippen molar-refractivity contribution >= 4 is 40.6 Å². The lowest BCUT2D eigenvalue weighted by Crippen LogP contribution is -2.28. The Kier molecular flexibility index (Phi) is 3.94. The molecule has 1 aliphatic rings. The van der Waals surface area contributed by atoms with E-state index in [1.165, 1.54) is 4.90 Å². The number of benzene rings is 1. The molecule has 0 radical (unpaired) electrons. The highest BCUT2D eigenvalue weighted by Gasteiger charge is 2.39. The van der Waals surface area contributed by atoms with Gasteiger partial charge in [0.25, 0.3) is 17.5 Å². The Labute approximate surface area is 165 Å². The SMILES string of the molecule is [C-]#[N+]c1nc2c(nc1[N+]#[C-])N(c1ccccc1)c1nc(C#N)c(C#N)nc1N2C. The van der Waals surface area contributed by atoms with Gasteiger partial charge in [-0.15, -0.1) is 9.97 Å². The van der Waals surface area contributed by atoms with Crippen LogP contribution in [0.15, 0.2) is 30.3 Å². The zero-order valence-corrected chi connectivity index (χ0v) is 14.9. The molecule has 0 bridgehead atoms. The van der Waals surface area contributed by atoms with Gasteiger partial charge in [0.2, 0.25) is 0 Å². The highest BCUT2D eigenvalue weighted by molar-refractivity contribution is 5.93. The van der Waals surface area contributed by atoms with Gasteiger partial charge in [0.1, 0.15) is 12.1 Å². The smallest absolute Gasteiger partial charge is 0.300 e. The highest BCUT2D eigenvalue weighted by atomic mass is 15.4. The van der Waals surface area contributed by atoms with Crippen molar-refractivity contribution in [2.24, 2.45) is 0 Å². The summed E-state index contributed by atoms with van der Waals surface area (Å²) < 4.78 is 0. The van der Waals surface area contributed by atoms with E-state index in [1.54, 1.807) is 24.1 Å². The van der Waals surface area contributed by atoms with Gasteiger partial charge in [0.15, 0.2) is 23.0 Å². The number of fused-ring (bicyclic) bond motifs is 2. The van der Waals surface area contributed by atoms with Crippen LogP contribution in [0.5, 0.6) is 0 Å². The van der Waals surface area contributed by atoms with Crippen LogP contribution in [-0.2, 0) is 0 Å². The summed E-state index contributed by atoms with van der Waals surface area (Å²) in [6, 6.07) is 12.8. The molecule has 4 rings (SSSR count). The summed E-state index contributed by atoms with van der Waals surface area (Å²) in [5.74, 6) is 0.818. The maximum Gasteiger partial charge on any atom is 0.300 e. The van der Waals surface area contributed by atoms with Gasteiger partial charge in [-0.3, -0.25) is 9.80 Å². The van der Waals surface area contributed by atoms with Crippen LogP contribution in [0.1, 0.15) is 11.4 Å². The largest absolute Gasteiger partial charge is 0.370 e. The molecule has 0 unspecified atom stereocenters. The average molecular weight is 376 g/mol. The van der Waals surface area contributed by atoms with Crippen LogP contribution in [-0.4, -0.2) is 27.0 Å². The molecule has 10 nitrogen and oxygen atoms in total. The van der Waals surface area contributed by atoms with E-state index >= 15 is 0 Å². The quantitative estimate of drug-likeness (QED) is 0.591. The van der Waals surface area contributed by atoms with E-state index in [1.807, 2.05) is 30.3 Å². The summed E-state index contributed by atoms with van der Waals surface area (Å²) in [5, 5.41) is 18.7. The monoisotopic (exact) mass is 376 g/mol. The molecule has 3 heterocycles. The Balaban J connectivity index is 2.10. The van der Waals surface area contributed by atoms with Crippen molar-refractivity contribution in [2.45, 2.75) is 0 Å². The first-order valence-corrected chi connectivity index (χ1v) is 8.11. The molecule has 0 amide bonds. The Morgan fingerprint density at radius 2 is 1.28 bits per heavy atom. The van der Waals surface area contributed by atoms with Gasteiger partial charge in [-0.2, -0.15) is 10.5 Å². The van der Waals surface area contributed by atoms with Crippen molar-refractivity contribution in [3.63, 3.8) is 0 Å². The molecule has 0 saturated heterocycles. The zero-order chi connectivity index (χ0) is 20.5. The van der Waals surface area contributed by atoms with E-state index in [4.69, 9.17) is 13.1 Å². The van der Waals surface area contributed by atoms with Gasteiger partial charge in [-0.1, -0.05) is 31.3 Å². The predicted octanol–water partition coefficient (Wildman–Crippen LogP) is 3.66. The number of nitrogens with zero attached hydrogens (tertiary/aromatic N) is 10. The van der Waals surface area contributed by atoms with Crippen LogP contribution >= 0.6 is 0 Å². The van der Waals surface area contributed by atoms with Gasteiger partial charge in [-0.25, -0.2) is 9.97 Å². The number of anilines is 5. The second-order valence-corrected chi connectivity index (χ2v) is 5.76. The average Bonchev–Trinajstić information content (AvgIpc) is 2.78. The fourth-order valence-corrected chi connectivity index (χ4v) is 2.90. The van der Waals surface area contributed by atoms with Crippen LogP contribution in [0.25, 0.3) is 9.69 Å². The predicted molar refractivity (Wildman–Crippen MR) is 102 cm³/mol. The van der Waals surface area contributed by atoms with E-state index in [9.17, 15) is 10.5 Å². The minimum atomic E-state index is -0.140. The Hall–Kier alpha value is -5.06. The molecule has 10 heteroatoms. The summed E-state index contributed by atoms with van der Waals surface area (Å²) in [5.41, 5.74) is 0.401. The maximum absolute atomic E-state index is 9.38. The molecule has 1 aromatic carbocycles. The van der Waals surface area contributed by atoms with Crippen LogP contribution < -0.4 is 9.80 Å². The first kappa shape index (κ1) is 17.4. The molecule has 134 valence electrons. The molecule has 0 fully saturated rings. The minimum Gasteiger partial charge on any atom is -0.370 e. The number of hydrogen-bond acceptors (Lipinski definition) is 8. The Bertz CT molecular complexity index is 1240. The molecule has 0 saturated carbocycles. The van der Waals surface area contributed by atoms with E-state index in [0.29, 0.717) is 5.69 Å². The summed E-state index contributed by atoms with van der Waals surface area (Å²) in [6.07, 6.45) is 0.